The van der Waals surface area contributed by atoms with Gasteiger partial charge in [0.1, 0.15) is 48.8 Å². The van der Waals surface area contributed by atoms with Gasteiger partial charge >= 0.3 is 0 Å². The third-order valence-electron chi connectivity index (χ3n) is 3.44. The quantitative estimate of drug-likeness (QED) is 0.136. The summed E-state index contributed by atoms with van der Waals surface area (Å²) in [5.41, 5.74) is 0. The summed E-state index contributed by atoms with van der Waals surface area (Å²) in [6, 6.07) is 0. The van der Waals surface area contributed by atoms with Crippen molar-refractivity contribution in [1.29, 1.82) is 0 Å². The largest absolute Gasteiger partial charge is 0.394 e. The lowest BCUT2D eigenvalue weighted by atomic mass is 10.0. The second-order valence-corrected chi connectivity index (χ2v) is 5.35. The van der Waals surface area contributed by atoms with Crippen LogP contribution in [0, 0.1) is 0 Å². The second kappa shape index (κ2) is 15.9. The average molecular weight is 402 g/mol. The molecule has 0 aromatic rings. The van der Waals surface area contributed by atoms with Crippen LogP contribution < -0.4 is 0 Å². The van der Waals surface area contributed by atoms with Crippen molar-refractivity contribution in [3.63, 3.8) is 0 Å². The molecule has 0 heterocycles. The highest BCUT2D eigenvalue weighted by atomic mass is 16.5. The van der Waals surface area contributed by atoms with Crippen LogP contribution in [0.2, 0.25) is 0 Å². The molecule has 0 aliphatic carbocycles. The van der Waals surface area contributed by atoms with Crippen molar-refractivity contribution < 1.29 is 59.9 Å². The first-order valence-electron chi connectivity index (χ1n) is 8.01. The molecule has 0 unspecified atom stereocenters. The lowest BCUT2D eigenvalue weighted by Gasteiger charge is -2.25. The van der Waals surface area contributed by atoms with Crippen LogP contribution in [-0.4, -0.2) is 129 Å². The van der Waals surface area contributed by atoms with Crippen molar-refractivity contribution in [2.75, 3.05) is 26.9 Å². The maximum atomic E-state index is 10.4. The van der Waals surface area contributed by atoms with E-state index in [0.29, 0.717) is 12.6 Å². The smallest absolute Gasteiger partial charge is 0.151 e. The second-order valence-electron chi connectivity index (χ2n) is 5.35. The maximum Gasteiger partial charge on any atom is 0.151 e. The SMILES string of the molecule is CCO[C@@H](C=O)[C@@H](O)[C@H](O)[C@H](O)CO.CO[C@H](C=O)[C@@H](O)[C@H](O)[C@H](O)CO. The van der Waals surface area contributed by atoms with Gasteiger partial charge in [0.05, 0.1) is 13.2 Å². The van der Waals surface area contributed by atoms with Gasteiger partial charge in [0.2, 0.25) is 0 Å². The minimum atomic E-state index is -1.61. The first-order valence-corrected chi connectivity index (χ1v) is 8.01. The molecule has 0 spiro atoms. The fraction of sp³-hybridized carbons (Fsp3) is 0.867. The fourth-order valence-electron chi connectivity index (χ4n) is 1.75. The van der Waals surface area contributed by atoms with Gasteiger partial charge in [-0.1, -0.05) is 0 Å². The number of hydrogen-bond acceptors (Lipinski definition) is 12. The molecule has 0 bridgehead atoms. The molecule has 8 N–H and O–H groups in total. The number of ether oxygens (including phenoxy) is 2. The summed E-state index contributed by atoms with van der Waals surface area (Å²) in [5, 5.41) is 71.7. The third-order valence-corrected chi connectivity index (χ3v) is 3.44. The van der Waals surface area contributed by atoms with Crippen molar-refractivity contribution in [3.05, 3.63) is 0 Å². The van der Waals surface area contributed by atoms with Crippen LogP contribution in [0.4, 0.5) is 0 Å². The highest BCUT2D eigenvalue weighted by Crippen LogP contribution is 2.07. The zero-order valence-electron chi connectivity index (χ0n) is 15.1. The molecule has 12 nitrogen and oxygen atoms in total. The number of carbonyl (C=O) groups excluding carboxylic acids is 2. The van der Waals surface area contributed by atoms with E-state index in [1.807, 2.05) is 0 Å². The summed E-state index contributed by atoms with van der Waals surface area (Å²) in [5.74, 6) is 0. The van der Waals surface area contributed by atoms with Crippen molar-refractivity contribution in [1.82, 2.24) is 0 Å². The Kier molecular flexibility index (Phi) is 16.6. The van der Waals surface area contributed by atoms with E-state index in [1.165, 1.54) is 7.11 Å². The number of aliphatic hydroxyl groups excluding tert-OH is 8. The van der Waals surface area contributed by atoms with E-state index in [-0.39, 0.29) is 6.61 Å². The molecule has 0 fully saturated rings. The molecule has 27 heavy (non-hydrogen) atoms. The molecule has 0 aromatic heterocycles. The van der Waals surface area contributed by atoms with E-state index < -0.39 is 62.0 Å². The van der Waals surface area contributed by atoms with Crippen LogP contribution in [0.15, 0.2) is 0 Å². The van der Waals surface area contributed by atoms with Crippen LogP contribution in [0.1, 0.15) is 6.92 Å². The first-order chi connectivity index (χ1) is 12.7. The zero-order chi connectivity index (χ0) is 21.6. The number of aldehydes is 2. The predicted octanol–water partition coefficient (Wildman–Crippen LogP) is -5.06. The van der Waals surface area contributed by atoms with Crippen molar-refractivity contribution in [3.8, 4) is 0 Å². The Labute approximate surface area is 156 Å². The lowest BCUT2D eigenvalue weighted by Crippen LogP contribution is -2.47. The summed E-state index contributed by atoms with van der Waals surface area (Å²) in [6.07, 6.45) is -11.1. The molecule has 0 aliphatic heterocycles. The summed E-state index contributed by atoms with van der Waals surface area (Å²) < 4.78 is 9.30. The molecule has 162 valence electrons. The van der Waals surface area contributed by atoms with Crippen LogP contribution in [0.3, 0.4) is 0 Å². The molecule has 0 rings (SSSR count). The summed E-state index contributed by atoms with van der Waals surface area (Å²) in [4.78, 5) is 20.7. The van der Waals surface area contributed by atoms with Crippen LogP contribution in [-0.2, 0) is 19.1 Å². The molecular formula is C15H30O12. The summed E-state index contributed by atoms with van der Waals surface area (Å²) in [7, 11) is 1.18. The number of rotatable bonds is 13. The number of aliphatic hydroxyl groups is 8. The Morgan fingerprint density at radius 2 is 1.11 bits per heavy atom. The Morgan fingerprint density at radius 1 is 0.741 bits per heavy atom. The maximum absolute atomic E-state index is 10.4. The number of hydrogen-bond donors (Lipinski definition) is 8. The van der Waals surface area contributed by atoms with E-state index in [0.717, 1.165) is 0 Å². The van der Waals surface area contributed by atoms with Crippen molar-refractivity contribution >= 4 is 12.6 Å². The molecule has 8 atom stereocenters. The molecule has 0 aromatic carbocycles. The summed E-state index contributed by atoms with van der Waals surface area (Å²) in [6.45, 7) is 0.421. The third kappa shape index (κ3) is 10.2. The van der Waals surface area contributed by atoms with E-state index in [2.05, 4.69) is 4.74 Å². The molecule has 0 radical (unpaired) electrons. The Bertz CT molecular complexity index is 382. The minimum absolute atomic E-state index is 0.197. The van der Waals surface area contributed by atoms with Crippen LogP contribution in [0.25, 0.3) is 0 Å². The van der Waals surface area contributed by atoms with Gasteiger partial charge in [0.15, 0.2) is 12.6 Å². The predicted molar refractivity (Wildman–Crippen MR) is 88.6 cm³/mol. The van der Waals surface area contributed by atoms with E-state index >= 15 is 0 Å². The first kappa shape index (κ1) is 28.2. The van der Waals surface area contributed by atoms with Gasteiger partial charge in [-0.15, -0.1) is 0 Å². The van der Waals surface area contributed by atoms with Gasteiger partial charge in [-0.3, -0.25) is 0 Å². The molecule has 0 saturated carbocycles. The van der Waals surface area contributed by atoms with E-state index in [4.69, 9.17) is 30.3 Å². The van der Waals surface area contributed by atoms with Crippen molar-refractivity contribution in [2.45, 2.75) is 55.8 Å². The molecule has 0 saturated heterocycles. The monoisotopic (exact) mass is 402 g/mol. The van der Waals surface area contributed by atoms with Gasteiger partial charge in [-0.2, -0.15) is 0 Å². The summed E-state index contributed by atoms with van der Waals surface area (Å²) >= 11 is 0. The van der Waals surface area contributed by atoms with E-state index in [9.17, 15) is 24.9 Å². The van der Waals surface area contributed by atoms with Gasteiger partial charge in [0.25, 0.3) is 0 Å². The Balaban J connectivity index is 0. The topological polar surface area (TPSA) is 214 Å². The van der Waals surface area contributed by atoms with Gasteiger partial charge in [0, 0.05) is 13.7 Å². The molecule has 0 amide bonds. The lowest BCUT2D eigenvalue weighted by molar-refractivity contribution is -0.145. The standard InChI is InChI=1S/C8H16O6.C7H14O6/c1-2-14-6(4-10)8(13)7(12)5(11)3-9;1-13-5(3-9)7(12)6(11)4(10)2-8/h4-9,11-13H,2-3H2,1H3;3-8,10-12H,2H2,1H3/t5-,6+,7-,8-;4-,5-,6-,7-/m11/s1. The van der Waals surface area contributed by atoms with Gasteiger partial charge < -0.3 is 59.9 Å². The highest BCUT2D eigenvalue weighted by molar-refractivity contribution is 5.57. The minimum Gasteiger partial charge on any atom is -0.394 e. The number of methoxy groups -OCH3 is 1. The van der Waals surface area contributed by atoms with Gasteiger partial charge in [-0.05, 0) is 6.92 Å². The number of carbonyl (C=O) groups is 2. The van der Waals surface area contributed by atoms with E-state index in [1.54, 1.807) is 6.92 Å². The fourth-order valence-corrected chi connectivity index (χ4v) is 1.75. The normalized spacial score (nSPS) is 20.1. The molecule has 12 heteroatoms. The molecular weight excluding hydrogens is 372 g/mol. The van der Waals surface area contributed by atoms with Gasteiger partial charge in [-0.25, -0.2) is 0 Å². The Morgan fingerprint density at radius 3 is 1.37 bits per heavy atom. The zero-order valence-corrected chi connectivity index (χ0v) is 15.1. The van der Waals surface area contributed by atoms with Crippen LogP contribution in [0.5, 0.6) is 0 Å². The molecule has 0 aliphatic rings. The highest BCUT2D eigenvalue weighted by Gasteiger charge is 2.31. The average Bonchev–Trinajstić information content (AvgIpc) is 2.70. The van der Waals surface area contributed by atoms with Crippen molar-refractivity contribution in [2.24, 2.45) is 0 Å². The van der Waals surface area contributed by atoms with Crippen LogP contribution >= 0.6 is 0 Å². The Hall–Kier alpha value is -1.06.